The maximum Gasteiger partial charge on any atom is 0.252 e. The van der Waals surface area contributed by atoms with Gasteiger partial charge in [0.05, 0.1) is 18.6 Å². The van der Waals surface area contributed by atoms with E-state index in [4.69, 9.17) is 21.9 Å². The van der Waals surface area contributed by atoms with E-state index in [1.807, 2.05) is 0 Å². The van der Waals surface area contributed by atoms with Crippen LogP contribution >= 0.6 is 24.0 Å². The average molecular weight is 388 g/mol. The molecular weight excluding hydrogens is 369 g/mol. The lowest BCUT2D eigenvalue weighted by molar-refractivity contribution is -0.120. The summed E-state index contributed by atoms with van der Waals surface area (Å²) in [5.41, 5.74) is 4.75. The molecule has 0 saturated carbocycles. The molecule has 2 rings (SSSR count). The Labute approximate surface area is 155 Å². The van der Waals surface area contributed by atoms with Crippen molar-refractivity contribution in [2.24, 2.45) is 5.73 Å². The highest BCUT2D eigenvalue weighted by Gasteiger charge is 2.29. The first-order chi connectivity index (χ1) is 11.3. The standard InChI is InChI=1S/C15H18ClN5O3.ClH/c1-15(2,20-13(23)9-4-3-5-10(16)6-9)14-19-12(24-21-14)8-18-11(22)7-17;/h3-6H,7-8,17H2,1-2H3,(H,18,22)(H,20,23);1H. The zero-order valence-electron chi connectivity index (χ0n) is 13.7. The van der Waals surface area contributed by atoms with E-state index in [2.05, 4.69) is 20.8 Å². The highest BCUT2D eigenvalue weighted by molar-refractivity contribution is 6.30. The van der Waals surface area contributed by atoms with E-state index >= 15 is 0 Å². The molecule has 0 saturated heterocycles. The van der Waals surface area contributed by atoms with E-state index in [1.165, 1.54) is 0 Å². The van der Waals surface area contributed by atoms with Crippen LogP contribution in [0.5, 0.6) is 0 Å². The minimum absolute atomic E-state index is 0. The molecule has 1 aromatic carbocycles. The number of halogens is 2. The van der Waals surface area contributed by atoms with Gasteiger partial charge in [-0.05, 0) is 32.0 Å². The van der Waals surface area contributed by atoms with Gasteiger partial charge in [0.1, 0.15) is 0 Å². The summed E-state index contributed by atoms with van der Waals surface area (Å²) in [6.45, 7) is 3.43. The van der Waals surface area contributed by atoms with E-state index < -0.39 is 5.54 Å². The summed E-state index contributed by atoms with van der Waals surface area (Å²) in [5.74, 6) is -0.139. The van der Waals surface area contributed by atoms with E-state index in [0.717, 1.165) is 0 Å². The van der Waals surface area contributed by atoms with Crippen LogP contribution in [0.4, 0.5) is 0 Å². The molecule has 8 nitrogen and oxygen atoms in total. The van der Waals surface area contributed by atoms with Gasteiger partial charge in [-0.2, -0.15) is 4.98 Å². The molecule has 0 radical (unpaired) electrons. The van der Waals surface area contributed by atoms with Crippen molar-refractivity contribution in [3.8, 4) is 0 Å². The number of nitrogens with two attached hydrogens (primary N) is 1. The fraction of sp³-hybridized carbons (Fsp3) is 0.333. The van der Waals surface area contributed by atoms with E-state index in [0.29, 0.717) is 10.6 Å². The van der Waals surface area contributed by atoms with Crippen LogP contribution in [0, 0.1) is 0 Å². The summed E-state index contributed by atoms with van der Waals surface area (Å²) < 4.78 is 5.06. The van der Waals surface area contributed by atoms with Crippen LogP contribution in [0.2, 0.25) is 5.02 Å². The van der Waals surface area contributed by atoms with Gasteiger partial charge in [-0.15, -0.1) is 12.4 Å². The molecule has 0 aliphatic rings. The van der Waals surface area contributed by atoms with Gasteiger partial charge in [0.25, 0.3) is 5.91 Å². The van der Waals surface area contributed by atoms with Crippen LogP contribution in [0.3, 0.4) is 0 Å². The Bertz CT molecular complexity index is 748. The molecule has 0 atom stereocenters. The number of rotatable bonds is 6. The molecular formula is C15H19Cl2N5O3. The molecule has 4 N–H and O–H groups in total. The minimum Gasteiger partial charge on any atom is -0.346 e. The predicted octanol–water partition coefficient (Wildman–Crippen LogP) is 1.38. The number of carbonyl (C=O) groups excluding carboxylic acids is 2. The highest BCUT2D eigenvalue weighted by Crippen LogP contribution is 2.18. The quantitative estimate of drug-likeness (QED) is 0.687. The lowest BCUT2D eigenvalue weighted by Crippen LogP contribution is -2.41. The van der Waals surface area contributed by atoms with E-state index in [1.54, 1.807) is 38.1 Å². The van der Waals surface area contributed by atoms with Crippen molar-refractivity contribution in [2.75, 3.05) is 6.54 Å². The zero-order valence-corrected chi connectivity index (χ0v) is 15.3. The fourth-order valence-electron chi connectivity index (χ4n) is 1.87. The molecule has 10 heteroatoms. The lowest BCUT2D eigenvalue weighted by atomic mass is 10.0. The second kappa shape index (κ2) is 8.80. The SMILES string of the molecule is CC(C)(NC(=O)c1cccc(Cl)c1)c1noc(CNC(=O)CN)n1.Cl. The fourth-order valence-corrected chi connectivity index (χ4v) is 2.06. The van der Waals surface area contributed by atoms with Crippen LogP contribution in [-0.2, 0) is 16.9 Å². The maximum atomic E-state index is 12.3. The van der Waals surface area contributed by atoms with Crippen molar-refractivity contribution in [1.82, 2.24) is 20.8 Å². The average Bonchev–Trinajstić information content (AvgIpc) is 3.02. The Balaban J connectivity index is 0.00000312. The summed E-state index contributed by atoms with van der Waals surface area (Å²) in [5, 5.41) is 9.66. The first-order valence-electron chi connectivity index (χ1n) is 7.20. The van der Waals surface area contributed by atoms with E-state index in [-0.39, 0.29) is 49.0 Å². The summed E-state index contributed by atoms with van der Waals surface area (Å²) in [4.78, 5) is 27.6. The van der Waals surface area contributed by atoms with Crippen LogP contribution in [-0.4, -0.2) is 28.5 Å². The van der Waals surface area contributed by atoms with Gasteiger partial charge in [0.15, 0.2) is 5.82 Å². The van der Waals surface area contributed by atoms with Gasteiger partial charge in [-0.25, -0.2) is 0 Å². The maximum absolute atomic E-state index is 12.3. The van der Waals surface area contributed by atoms with Gasteiger partial charge in [-0.3, -0.25) is 9.59 Å². The third-order valence-corrected chi connectivity index (χ3v) is 3.40. The van der Waals surface area contributed by atoms with Crippen molar-refractivity contribution in [3.05, 3.63) is 46.6 Å². The Hall–Kier alpha value is -2.16. The molecule has 0 bridgehead atoms. The second-order valence-electron chi connectivity index (χ2n) is 5.58. The van der Waals surface area contributed by atoms with Crippen LogP contribution in [0.15, 0.2) is 28.8 Å². The first-order valence-corrected chi connectivity index (χ1v) is 7.57. The third-order valence-electron chi connectivity index (χ3n) is 3.16. The van der Waals surface area contributed by atoms with Gasteiger partial charge < -0.3 is 20.9 Å². The number of nitrogens with zero attached hydrogens (tertiary/aromatic N) is 2. The zero-order chi connectivity index (χ0) is 17.7. The van der Waals surface area contributed by atoms with Crippen LogP contribution < -0.4 is 16.4 Å². The molecule has 0 spiro atoms. The monoisotopic (exact) mass is 387 g/mol. The number of hydrogen-bond donors (Lipinski definition) is 3. The summed E-state index contributed by atoms with van der Waals surface area (Å²) >= 11 is 5.89. The minimum atomic E-state index is -0.876. The summed E-state index contributed by atoms with van der Waals surface area (Å²) in [6, 6.07) is 6.60. The van der Waals surface area contributed by atoms with Crippen molar-refractivity contribution < 1.29 is 14.1 Å². The Morgan fingerprint density at radius 3 is 2.72 bits per heavy atom. The Morgan fingerprint density at radius 1 is 1.36 bits per heavy atom. The molecule has 0 unspecified atom stereocenters. The molecule has 136 valence electrons. The number of hydrogen-bond acceptors (Lipinski definition) is 6. The Morgan fingerprint density at radius 2 is 2.08 bits per heavy atom. The van der Waals surface area contributed by atoms with Crippen molar-refractivity contribution in [2.45, 2.75) is 25.9 Å². The molecule has 2 aromatic rings. The number of aromatic nitrogens is 2. The van der Waals surface area contributed by atoms with Crippen LogP contribution in [0.25, 0.3) is 0 Å². The molecule has 2 amide bonds. The van der Waals surface area contributed by atoms with Crippen molar-refractivity contribution >= 4 is 35.8 Å². The predicted molar refractivity (Wildman–Crippen MR) is 94.4 cm³/mol. The van der Waals surface area contributed by atoms with Gasteiger partial charge in [-0.1, -0.05) is 22.8 Å². The van der Waals surface area contributed by atoms with E-state index in [9.17, 15) is 9.59 Å². The number of benzene rings is 1. The molecule has 1 aromatic heterocycles. The molecule has 0 aliphatic heterocycles. The van der Waals surface area contributed by atoms with Gasteiger partial charge in [0.2, 0.25) is 11.8 Å². The molecule has 0 aliphatic carbocycles. The highest BCUT2D eigenvalue weighted by atomic mass is 35.5. The lowest BCUT2D eigenvalue weighted by Gasteiger charge is -2.22. The smallest absolute Gasteiger partial charge is 0.252 e. The largest absolute Gasteiger partial charge is 0.346 e. The number of carbonyl (C=O) groups is 2. The molecule has 1 heterocycles. The van der Waals surface area contributed by atoms with Crippen LogP contribution in [0.1, 0.15) is 35.9 Å². The first kappa shape index (κ1) is 20.9. The van der Waals surface area contributed by atoms with Gasteiger partial charge >= 0.3 is 0 Å². The third kappa shape index (κ3) is 5.70. The summed E-state index contributed by atoms with van der Waals surface area (Å²) in [6.07, 6.45) is 0. The van der Waals surface area contributed by atoms with Crippen molar-refractivity contribution in [3.63, 3.8) is 0 Å². The Kier molecular flexibility index (Phi) is 7.35. The summed E-state index contributed by atoms with van der Waals surface area (Å²) in [7, 11) is 0. The number of nitrogens with one attached hydrogen (secondary N) is 2. The van der Waals surface area contributed by atoms with Crippen molar-refractivity contribution in [1.29, 1.82) is 0 Å². The van der Waals surface area contributed by atoms with Gasteiger partial charge in [0, 0.05) is 10.6 Å². The molecule has 0 fully saturated rings. The topological polar surface area (TPSA) is 123 Å². The number of amides is 2. The second-order valence-corrected chi connectivity index (χ2v) is 6.02. The molecule has 25 heavy (non-hydrogen) atoms. The normalized spacial score (nSPS) is 10.7.